The zero-order valence-electron chi connectivity index (χ0n) is 12.4. The Labute approximate surface area is 129 Å². The van der Waals surface area contributed by atoms with E-state index >= 15 is 0 Å². The highest BCUT2D eigenvalue weighted by Crippen LogP contribution is 2.36. The molecule has 0 aliphatic rings. The van der Waals surface area contributed by atoms with Gasteiger partial charge in [0.15, 0.2) is 11.5 Å². The maximum Gasteiger partial charge on any atom is 0.179 e. The van der Waals surface area contributed by atoms with Crippen LogP contribution in [0.2, 0.25) is 5.02 Å². The SMILES string of the molecule is CCOc1cc(CNCc2cc(C)on2)cc(Cl)c1OC. The molecule has 0 spiro atoms. The lowest BCUT2D eigenvalue weighted by molar-refractivity contribution is 0.310. The van der Waals surface area contributed by atoms with Crippen molar-refractivity contribution < 1.29 is 14.0 Å². The summed E-state index contributed by atoms with van der Waals surface area (Å²) < 4.78 is 15.8. The number of methoxy groups -OCH3 is 1. The average Bonchev–Trinajstić information content (AvgIpc) is 2.85. The Morgan fingerprint density at radius 1 is 1.29 bits per heavy atom. The number of benzene rings is 1. The zero-order chi connectivity index (χ0) is 15.2. The maximum atomic E-state index is 6.21. The molecule has 1 heterocycles. The molecule has 114 valence electrons. The van der Waals surface area contributed by atoms with Gasteiger partial charge in [0.25, 0.3) is 0 Å². The molecule has 0 unspecified atom stereocenters. The van der Waals surface area contributed by atoms with Crippen molar-refractivity contribution in [3.8, 4) is 11.5 Å². The number of aromatic nitrogens is 1. The van der Waals surface area contributed by atoms with Crippen LogP contribution in [0.5, 0.6) is 11.5 Å². The van der Waals surface area contributed by atoms with Crippen LogP contribution in [0.25, 0.3) is 0 Å². The van der Waals surface area contributed by atoms with E-state index in [1.54, 1.807) is 7.11 Å². The largest absolute Gasteiger partial charge is 0.491 e. The molecule has 1 aromatic heterocycles. The first-order valence-corrected chi connectivity index (χ1v) is 7.14. The van der Waals surface area contributed by atoms with Crippen molar-refractivity contribution in [2.75, 3.05) is 13.7 Å². The van der Waals surface area contributed by atoms with Crippen LogP contribution in [0.3, 0.4) is 0 Å². The molecule has 0 bridgehead atoms. The van der Waals surface area contributed by atoms with Crippen LogP contribution in [-0.2, 0) is 13.1 Å². The van der Waals surface area contributed by atoms with E-state index in [0.717, 1.165) is 17.0 Å². The third-order valence-corrected chi connectivity index (χ3v) is 3.17. The minimum atomic E-state index is 0.539. The van der Waals surface area contributed by atoms with Crippen LogP contribution in [0, 0.1) is 6.92 Å². The van der Waals surface area contributed by atoms with Gasteiger partial charge in [-0.1, -0.05) is 16.8 Å². The lowest BCUT2D eigenvalue weighted by atomic mass is 10.2. The molecule has 1 N–H and O–H groups in total. The molecule has 0 aliphatic carbocycles. The smallest absolute Gasteiger partial charge is 0.179 e. The number of nitrogens with one attached hydrogen (secondary N) is 1. The third-order valence-electron chi connectivity index (χ3n) is 2.89. The normalized spacial score (nSPS) is 10.7. The summed E-state index contributed by atoms with van der Waals surface area (Å²) in [6.45, 7) is 5.63. The van der Waals surface area contributed by atoms with E-state index < -0.39 is 0 Å². The van der Waals surface area contributed by atoms with Gasteiger partial charge in [0, 0.05) is 19.2 Å². The molecule has 6 heteroatoms. The van der Waals surface area contributed by atoms with Crippen molar-refractivity contribution in [2.45, 2.75) is 26.9 Å². The third kappa shape index (κ3) is 4.12. The van der Waals surface area contributed by atoms with E-state index in [9.17, 15) is 0 Å². The molecular formula is C15H19ClN2O3. The van der Waals surface area contributed by atoms with Crippen molar-refractivity contribution in [3.05, 3.63) is 40.2 Å². The summed E-state index contributed by atoms with van der Waals surface area (Å²) >= 11 is 6.21. The highest BCUT2D eigenvalue weighted by atomic mass is 35.5. The number of halogens is 1. The van der Waals surface area contributed by atoms with E-state index in [-0.39, 0.29) is 0 Å². The minimum absolute atomic E-state index is 0.539. The monoisotopic (exact) mass is 310 g/mol. The molecule has 0 fully saturated rings. The standard InChI is InChI=1S/C15H19ClN2O3/c1-4-20-14-7-11(6-13(16)15(14)19-3)8-17-9-12-5-10(2)21-18-12/h5-7,17H,4,8-9H2,1-3H3. The molecule has 2 rings (SSSR count). The highest BCUT2D eigenvalue weighted by molar-refractivity contribution is 6.32. The average molecular weight is 311 g/mol. The summed E-state index contributed by atoms with van der Waals surface area (Å²) in [5.41, 5.74) is 1.89. The summed E-state index contributed by atoms with van der Waals surface area (Å²) in [5.74, 6) is 2.02. The molecular weight excluding hydrogens is 292 g/mol. The van der Waals surface area contributed by atoms with Crippen LogP contribution in [0.1, 0.15) is 23.9 Å². The van der Waals surface area contributed by atoms with E-state index in [0.29, 0.717) is 36.2 Å². The first-order valence-electron chi connectivity index (χ1n) is 6.76. The minimum Gasteiger partial charge on any atom is -0.491 e. The number of hydrogen-bond acceptors (Lipinski definition) is 5. The van der Waals surface area contributed by atoms with Crippen molar-refractivity contribution in [1.82, 2.24) is 10.5 Å². The van der Waals surface area contributed by atoms with Gasteiger partial charge in [-0.2, -0.15) is 0 Å². The van der Waals surface area contributed by atoms with Gasteiger partial charge in [0.1, 0.15) is 5.76 Å². The summed E-state index contributed by atoms with van der Waals surface area (Å²) in [6.07, 6.45) is 0. The molecule has 0 aliphatic heterocycles. The predicted molar refractivity (Wildman–Crippen MR) is 81.0 cm³/mol. The number of ether oxygens (including phenoxy) is 2. The second-order valence-corrected chi connectivity index (χ2v) is 4.98. The van der Waals surface area contributed by atoms with Crippen molar-refractivity contribution >= 4 is 11.6 Å². The van der Waals surface area contributed by atoms with Gasteiger partial charge in [0.2, 0.25) is 0 Å². The Kier molecular flexibility index (Phi) is 5.47. The Hall–Kier alpha value is -1.72. The lowest BCUT2D eigenvalue weighted by Gasteiger charge is -2.13. The molecule has 0 radical (unpaired) electrons. The van der Waals surface area contributed by atoms with Gasteiger partial charge in [-0.3, -0.25) is 0 Å². The zero-order valence-corrected chi connectivity index (χ0v) is 13.2. The van der Waals surface area contributed by atoms with Gasteiger partial charge in [-0.05, 0) is 31.5 Å². The Morgan fingerprint density at radius 2 is 2.10 bits per heavy atom. The number of rotatable bonds is 7. The van der Waals surface area contributed by atoms with Crippen LogP contribution in [0.15, 0.2) is 22.7 Å². The Balaban J connectivity index is 2.02. The number of aryl methyl sites for hydroxylation is 1. The molecule has 2 aromatic rings. The topological polar surface area (TPSA) is 56.5 Å². The molecule has 5 nitrogen and oxygen atoms in total. The van der Waals surface area contributed by atoms with Crippen LogP contribution in [0.4, 0.5) is 0 Å². The molecule has 1 aromatic carbocycles. The van der Waals surface area contributed by atoms with E-state index in [1.807, 2.05) is 32.0 Å². The van der Waals surface area contributed by atoms with Crippen molar-refractivity contribution in [3.63, 3.8) is 0 Å². The highest BCUT2D eigenvalue weighted by Gasteiger charge is 2.11. The fraction of sp³-hybridized carbons (Fsp3) is 0.400. The molecule has 0 saturated carbocycles. The maximum absolute atomic E-state index is 6.21. The first kappa shape index (κ1) is 15.7. The van der Waals surface area contributed by atoms with Crippen LogP contribution >= 0.6 is 11.6 Å². The summed E-state index contributed by atoms with van der Waals surface area (Å²) in [4.78, 5) is 0. The fourth-order valence-corrected chi connectivity index (χ4v) is 2.33. The fourth-order valence-electron chi connectivity index (χ4n) is 2.02. The Morgan fingerprint density at radius 3 is 2.71 bits per heavy atom. The molecule has 0 saturated heterocycles. The van der Waals surface area contributed by atoms with Crippen LogP contribution in [-0.4, -0.2) is 18.9 Å². The van der Waals surface area contributed by atoms with Crippen molar-refractivity contribution in [1.29, 1.82) is 0 Å². The second-order valence-electron chi connectivity index (χ2n) is 4.57. The number of nitrogens with zero attached hydrogens (tertiary/aromatic N) is 1. The van der Waals surface area contributed by atoms with Gasteiger partial charge in [-0.25, -0.2) is 0 Å². The molecule has 0 amide bonds. The molecule has 0 atom stereocenters. The van der Waals surface area contributed by atoms with E-state index in [2.05, 4.69) is 10.5 Å². The van der Waals surface area contributed by atoms with Gasteiger partial charge in [-0.15, -0.1) is 0 Å². The first-order chi connectivity index (χ1) is 10.1. The Bertz CT molecular complexity index is 599. The van der Waals surface area contributed by atoms with Gasteiger partial charge < -0.3 is 19.3 Å². The van der Waals surface area contributed by atoms with E-state index in [1.165, 1.54) is 0 Å². The quantitative estimate of drug-likeness (QED) is 0.850. The van der Waals surface area contributed by atoms with Crippen LogP contribution < -0.4 is 14.8 Å². The summed E-state index contributed by atoms with van der Waals surface area (Å²) in [6, 6.07) is 5.69. The summed E-state index contributed by atoms with van der Waals surface area (Å²) in [5, 5.41) is 7.76. The molecule has 21 heavy (non-hydrogen) atoms. The van der Waals surface area contributed by atoms with Gasteiger partial charge >= 0.3 is 0 Å². The predicted octanol–water partition coefficient (Wildman–Crippen LogP) is 3.33. The summed E-state index contributed by atoms with van der Waals surface area (Å²) in [7, 11) is 1.58. The van der Waals surface area contributed by atoms with E-state index in [4.69, 9.17) is 25.6 Å². The lowest BCUT2D eigenvalue weighted by Crippen LogP contribution is -2.13. The second kappa shape index (κ2) is 7.33. The van der Waals surface area contributed by atoms with Crippen molar-refractivity contribution in [2.24, 2.45) is 0 Å². The van der Waals surface area contributed by atoms with Gasteiger partial charge in [0.05, 0.1) is 24.4 Å². The number of hydrogen-bond donors (Lipinski definition) is 1.